The van der Waals surface area contributed by atoms with E-state index in [0.717, 1.165) is 38.6 Å². The van der Waals surface area contributed by atoms with Gasteiger partial charge in [0.25, 0.3) is 0 Å². The predicted molar refractivity (Wildman–Crippen MR) is 101 cm³/mol. The Morgan fingerprint density at radius 3 is 2.50 bits per heavy atom. The molecular formula is C20H16ClN3. The highest BCUT2D eigenvalue weighted by molar-refractivity contribution is 6.30. The molecule has 4 heteroatoms. The van der Waals surface area contributed by atoms with E-state index in [-0.39, 0.29) is 0 Å². The van der Waals surface area contributed by atoms with Crippen LogP contribution in [0.25, 0.3) is 28.0 Å². The second-order valence-electron chi connectivity index (χ2n) is 5.72. The van der Waals surface area contributed by atoms with E-state index in [9.17, 15) is 0 Å². The number of halogens is 1. The van der Waals surface area contributed by atoms with Crippen LogP contribution in [0.4, 0.5) is 5.82 Å². The van der Waals surface area contributed by atoms with Gasteiger partial charge >= 0.3 is 0 Å². The average molecular weight is 334 g/mol. The van der Waals surface area contributed by atoms with Gasteiger partial charge in [0, 0.05) is 11.5 Å². The number of nitrogens with two attached hydrogens (primary N) is 1. The van der Waals surface area contributed by atoms with Gasteiger partial charge in [-0.3, -0.25) is 0 Å². The molecule has 0 aliphatic heterocycles. The molecule has 0 unspecified atom stereocenters. The molecule has 2 N–H and O–H groups in total. The summed E-state index contributed by atoms with van der Waals surface area (Å²) in [4.78, 5) is 4.13. The van der Waals surface area contributed by atoms with Gasteiger partial charge in [-0.05, 0) is 59.2 Å². The number of benzene rings is 2. The number of nitrogens with zero attached hydrogens (tertiary/aromatic N) is 2. The van der Waals surface area contributed by atoms with Crippen molar-refractivity contribution in [1.29, 1.82) is 5.26 Å². The van der Waals surface area contributed by atoms with E-state index in [1.165, 1.54) is 6.08 Å². The number of nitrogen functional groups attached to an aromatic ring is 1. The van der Waals surface area contributed by atoms with Crippen LogP contribution < -0.4 is 5.73 Å². The first kappa shape index (κ1) is 16.0. The maximum Gasteiger partial charge on any atom is 0.133 e. The van der Waals surface area contributed by atoms with E-state index in [1.807, 2.05) is 30.3 Å². The highest BCUT2D eigenvalue weighted by atomic mass is 35.5. The van der Waals surface area contributed by atoms with Crippen LogP contribution in [0.1, 0.15) is 16.7 Å². The molecule has 1 heterocycles. The van der Waals surface area contributed by atoms with E-state index >= 15 is 0 Å². The van der Waals surface area contributed by atoms with Crippen molar-refractivity contribution in [1.82, 2.24) is 4.98 Å². The minimum absolute atomic E-state index is 0.385. The number of allylic oxidation sites excluding steroid dienone is 1. The molecule has 1 aromatic heterocycles. The minimum atomic E-state index is 0.385. The van der Waals surface area contributed by atoms with Crippen LogP contribution in [0.3, 0.4) is 0 Å². The van der Waals surface area contributed by atoms with Gasteiger partial charge in [-0.15, -0.1) is 0 Å². The van der Waals surface area contributed by atoms with Crippen LogP contribution in [0.15, 0.2) is 42.5 Å². The molecule has 0 atom stereocenters. The third-order valence-electron chi connectivity index (χ3n) is 4.05. The summed E-state index contributed by atoms with van der Waals surface area (Å²) in [6, 6.07) is 14.0. The largest absolute Gasteiger partial charge is 0.383 e. The van der Waals surface area contributed by atoms with Crippen molar-refractivity contribution in [3.63, 3.8) is 0 Å². The van der Waals surface area contributed by atoms with Crippen molar-refractivity contribution in [2.45, 2.75) is 13.8 Å². The van der Waals surface area contributed by atoms with Gasteiger partial charge in [-0.2, -0.15) is 5.26 Å². The fraction of sp³-hybridized carbons (Fsp3) is 0.100. The highest BCUT2D eigenvalue weighted by Crippen LogP contribution is 2.36. The number of fused-ring (bicyclic) bond motifs is 1. The molecule has 0 saturated carbocycles. The Morgan fingerprint density at radius 2 is 1.83 bits per heavy atom. The van der Waals surface area contributed by atoms with Gasteiger partial charge in [0.1, 0.15) is 11.0 Å². The first-order valence-electron chi connectivity index (χ1n) is 7.54. The summed E-state index contributed by atoms with van der Waals surface area (Å²) in [5.74, 6) is 0.434. The van der Waals surface area contributed by atoms with Crippen LogP contribution in [0, 0.1) is 25.2 Å². The second kappa shape index (κ2) is 6.35. The van der Waals surface area contributed by atoms with Crippen LogP contribution in [0.5, 0.6) is 0 Å². The third kappa shape index (κ3) is 2.84. The Morgan fingerprint density at radius 1 is 1.12 bits per heavy atom. The lowest BCUT2D eigenvalue weighted by Crippen LogP contribution is -1.95. The molecule has 0 spiro atoms. The lowest BCUT2D eigenvalue weighted by Gasteiger charge is -2.15. The molecule has 0 amide bonds. The number of hydrogen-bond donors (Lipinski definition) is 1. The number of nitriles is 1. The van der Waals surface area contributed by atoms with Gasteiger partial charge in [0.2, 0.25) is 0 Å². The Kier molecular flexibility index (Phi) is 4.24. The molecule has 0 saturated heterocycles. The van der Waals surface area contributed by atoms with Crippen molar-refractivity contribution in [3.8, 4) is 17.2 Å². The second-order valence-corrected chi connectivity index (χ2v) is 6.11. The summed E-state index contributed by atoms with van der Waals surface area (Å²) in [5, 5.41) is 11.0. The average Bonchev–Trinajstić information content (AvgIpc) is 2.52. The smallest absolute Gasteiger partial charge is 0.133 e. The summed E-state index contributed by atoms with van der Waals surface area (Å²) in [5.41, 5.74) is 11.5. The molecule has 0 fully saturated rings. The van der Waals surface area contributed by atoms with Crippen molar-refractivity contribution < 1.29 is 0 Å². The van der Waals surface area contributed by atoms with Gasteiger partial charge in [-0.1, -0.05) is 41.9 Å². The fourth-order valence-corrected chi connectivity index (χ4v) is 3.34. The quantitative estimate of drug-likeness (QED) is 0.512. The molecule has 0 bridgehead atoms. The van der Waals surface area contributed by atoms with E-state index in [0.29, 0.717) is 11.0 Å². The van der Waals surface area contributed by atoms with Gasteiger partial charge in [0.15, 0.2) is 0 Å². The monoisotopic (exact) mass is 333 g/mol. The molecule has 118 valence electrons. The van der Waals surface area contributed by atoms with E-state index < -0.39 is 0 Å². The lowest BCUT2D eigenvalue weighted by molar-refractivity contribution is 1.35. The van der Waals surface area contributed by atoms with Crippen molar-refractivity contribution >= 4 is 34.3 Å². The molecule has 24 heavy (non-hydrogen) atoms. The summed E-state index contributed by atoms with van der Waals surface area (Å²) in [6.07, 6.45) is 3.30. The van der Waals surface area contributed by atoms with E-state index in [1.54, 1.807) is 0 Å². The van der Waals surface area contributed by atoms with Crippen molar-refractivity contribution in [2.75, 3.05) is 5.73 Å². The molecule has 0 radical (unpaired) electrons. The van der Waals surface area contributed by atoms with Crippen LogP contribution >= 0.6 is 11.6 Å². The number of aromatic nitrogens is 1. The lowest BCUT2D eigenvalue weighted by atomic mass is 9.90. The molecule has 3 nitrogen and oxygen atoms in total. The first-order chi connectivity index (χ1) is 11.5. The van der Waals surface area contributed by atoms with E-state index in [2.05, 4.69) is 37.0 Å². The Labute approximate surface area is 146 Å². The Bertz CT molecular complexity index is 990. The van der Waals surface area contributed by atoms with Gasteiger partial charge < -0.3 is 5.73 Å². The number of hydrogen-bond acceptors (Lipinski definition) is 3. The SMILES string of the molecule is Cc1cc(/C=C/C#N)cc(C)c1-c1cccc2c(N)nc(Cl)cc12. The van der Waals surface area contributed by atoms with E-state index in [4.69, 9.17) is 22.6 Å². The topological polar surface area (TPSA) is 62.7 Å². The number of rotatable bonds is 2. The van der Waals surface area contributed by atoms with Crippen LogP contribution in [-0.4, -0.2) is 4.98 Å². The summed E-state index contributed by atoms with van der Waals surface area (Å²) < 4.78 is 0. The highest BCUT2D eigenvalue weighted by Gasteiger charge is 2.12. The summed E-state index contributed by atoms with van der Waals surface area (Å²) >= 11 is 6.11. The molecular weight excluding hydrogens is 318 g/mol. The standard InChI is InChI=1S/C20H16ClN3/c1-12-9-14(5-4-8-22)10-13(2)19(12)15-6-3-7-16-17(15)11-18(21)24-20(16)23/h3-7,9-11H,1-2H3,(H2,23,24)/b5-4+. The molecule has 0 aliphatic rings. The predicted octanol–water partition coefficient (Wildman–Crippen LogP) is 5.29. The maximum absolute atomic E-state index is 8.70. The Balaban J connectivity index is 2.29. The third-order valence-corrected chi connectivity index (χ3v) is 4.24. The zero-order valence-electron chi connectivity index (χ0n) is 13.5. The molecule has 0 aliphatic carbocycles. The number of pyridine rings is 1. The van der Waals surface area contributed by atoms with Crippen LogP contribution in [0.2, 0.25) is 5.15 Å². The molecule has 3 aromatic rings. The zero-order chi connectivity index (χ0) is 17.3. The molecule has 2 aromatic carbocycles. The number of aryl methyl sites for hydroxylation is 2. The van der Waals surface area contributed by atoms with Gasteiger partial charge in [0.05, 0.1) is 6.07 Å². The first-order valence-corrected chi connectivity index (χ1v) is 7.91. The van der Waals surface area contributed by atoms with Gasteiger partial charge in [-0.25, -0.2) is 4.98 Å². The summed E-state index contributed by atoms with van der Waals surface area (Å²) in [6.45, 7) is 4.13. The normalized spacial score (nSPS) is 11.1. The van der Waals surface area contributed by atoms with Crippen molar-refractivity contribution in [3.05, 3.63) is 64.3 Å². The van der Waals surface area contributed by atoms with Crippen LogP contribution in [-0.2, 0) is 0 Å². The fourth-order valence-electron chi connectivity index (χ4n) is 3.14. The number of anilines is 1. The van der Waals surface area contributed by atoms with Crippen molar-refractivity contribution in [2.24, 2.45) is 0 Å². The minimum Gasteiger partial charge on any atom is -0.383 e. The zero-order valence-corrected chi connectivity index (χ0v) is 14.2. The summed E-state index contributed by atoms with van der Waals surface area (Å²) in [7, 11) is 0. The molecule has 3 rings (SSSR count). The Hall–Kier alpha value is -2.83. The maximum atomic E-state index is 8.70.